The van der Waals surface area contributed by atoms with Gasteiger partial charge in [0.25, 0.3) is 0 Å². The number of phenolic OH excluding ortho intramolecular Hbond substituents is 2. The maximum atomic E-state index is 10.4. The summed E-state index contributed by atoms with van der Waals surface area (Å²) in [5.74, 6) is 1.54. The lowest BCUT2D eigenvalue weighted by molar-refractivity contribution is 0.331. The molecule has 0 spiro atoms. The number of methoxy groups -OCH3 is 2. The van der Waals surface area contributed by atoms with E-state index in [1.807, 2.05) is 6.08 Å². The van der Waals surface area contributed by atoms with Gasteiger partial charge in [0.05, 0.1) is 14.2 Å². The zero-order valence-corrected chi connectivity index (χ0v) is 12.3. The van der Waals surface area contributed by atoms with Gasteiger partial charge in [-0.1, -0.05) is 0 Å². The van der Waals surface area contributed by atoms with Crippen LogP contribution in [0.5, 0.6) is 28.7 Å². The Morgan fingerprint density at radius 3 is 2.59 bits per heavy atom. The highest BCUT2D eigenvalue weighted by molar-refractivity contribution is 5.89. The van der Waals surface area contributed by atoms with E-state index in [4.69, 9.17) is 14.2 Å². The molecule has 0 atom stereocenters. The number of ether oxygens (including phenoxy) is 3. The molecule has 2 aromatic carbocycles. The fourth-order valence-corrected chi connectivity index (χ4v) is 2.48. The van der Waals surface area contributed by atoms with Gasteiger partial charge in [-0.15, -0.1) is 0 Å². The summed E-state index contributed by atoms with van der Waals surface area (Å²) in [5, 5.41) is 19.9. The van der Waals surface area contributed by atoms with Gasteiger partial charge in [0.2, 0.25) is 5.75 Å². The molecule has 0 aromatic heterocycles. The second kappa shape index (κ2) is 5.52. The molecule has 5 nitrogen and oxygen atoms in total. The first-order valence-electron chi connectivity index (χ1n) is 6.74. The molecular formula is C17H16O5. The summed E-state index contributed by atoms with van der Waals surface area (Å²) in [5.41, 5.74) is 2.28. The lowest BCUT2D eigenvalue weighted by Gasteiger charge is -2.20. The van der Waals surface area contributed by atoms with Crippen molar-refractivity contribution in [2.45, 2.75) is 0 Å². The predicted molar refractivity (Wildman–Crippen MR) is 82.7 cm³/mol. The largest absolute Gasteiger partial charge is 0.508 e. The van der Waals surface area contributed by atoms with E-state index in [2.05, 4.69) is 0 Å². The van der Waals surface area contributed by atoms with Crippen molar-refractivity contribution in [3.05, 3.63) is 41.5 Å². The second-order valence-corrected chi connectivity index (χ2v) is 4.88. The molecule has 2 aromatic rings. The molecule has 22 heavy (non-hydrogen) atoms. The Morgan fingerprint density at radius 2 is 1.86 bits per heavy atom. The molecule has 3 rings (SSSR count). The van der Waals surface area contributed by atoms with E-state index in [1.54, 1.807) is 30.3 Å². The van der Waals surface area contributed by atoms with Crippen molar-refractivity contribution < 1.29 is 24.4 Å². The number of phenols is 2. The van der Waals surface area contributed by atoms with E-state index in [-0.39, 0.29) is 17.2 Å². The molecule has 0 saturated heterocycles. The van der Waals surface area contributed by atoms with Crippen molar-refractivity contribution in [2.75, 3.05) is 20.8 Å². The van der Waals surface area contributed by atoms with Gasteiger partial charge in [0.15, 0.2) is 11.5 Å². The SMILES string of the molecule is COc1ccc(C2=Cc3ccc(O)cc3OC2)c(O)c1OC. The molecule has 1 aliphatic rings. The summed E-state index contributed by atoms with van der Waals surface area (Å²) >= 11 is 0. The lowest BCUT2D eigenvalue weighted by Crippen LogP contribution is -2.07. The summed E-state index contributed by atoms with van der Waals surface area (Å²) in [6, 6.07) is 8.42. The maximum Gasteiger partial charge on any atom is 0.203 e. The van der Waals surface area contributed by atoms with Crippen molar-refractivity contribution in [1.29, 1.82) is 0 Å². The van der Waals surface area contributed by atoms with Crippen molar-refractivity contribution in [3.63, 3.8) is 0 Å². The highest BCUT2D eigenvalue weighted by Gasteiger charge is 2.20. The van der Waals surface area contributed by atoms with Crippen LogP contribution in [0.4, 0.5) is 0 Å². The number of benzene rings is 2. The van der Waals surface area contributed by atoms with Crippen LogP contribution >= 0.6 is 0 Å². The topological polar surface area (TPSA) is 68.2 Å². The van der Waals surface area contributed by atoms with Crippen molar-refractivity contribution in [2.24, 2.45) is 0 Å². The molecule has 0 aliphatic carbocycles. The minimum atomic E-state index is 0.0129. The number of hydrogen-bond acceptors (Lipinski definition) is 5. The maximum absolute atomic E-state index is 10.4. The van der Waals surface area contributed by atoms with Crippen LogP contribution < -0.4 is 14.2 Å². The monoisotopic (exact) mass is 300 g/mol. The zero-order chi connectivity index (χ0) is 15.7. The van der Waals surface area contributed by atoms with Crippen molar-refractivity contribution >= 4 is 11.6 Å². The van der Waals surface area contributed by atoms with Crippen LogP contribution in [0.25, 0.3) is 11.6 Å². The molecule has 114 valence electrons. The van der Waals surface area contributed by atoms with Crippen molar-refractivity contribution in [3.8, 4) is 28.7 Å². The summed E-state index contributed by atoms with van der Waals surface area (Å²) in [6.07, 6.45) is 1.92. The standard InChI is InChI=1S/C17H16O5/c1-20-14-6-5-13(16(19)17(14)21-2)11-7-10-3-4-12(18)8-15(10)22-9-11/h3-8,18-19H,9H2,1-2H3. The van der Waals surface area contributed by atoms with Gasteiger partial charge in [-0.05, 0) is 30.3 Å². The summed E-state index contributed by atoms with van der Waals surface area (Å²) < 4.78 is 16.0. The van der Waals surface area contributed by atoms with Gasteiger partial charge in [0, 0.05) is 22.8 Å². The smallest absolute Gasteiger partial charge is 0.203 e. The van der Waals surface area contributed by atoms with Gasteiger partial charge in [-0.3, -0.25) is 0 Å². The number of fused-ring (bicyclic) bond motifs is 1. The number of hydrogen-bond donors (Lipinski definition) is 2. The first-order valence-corrected chi connectivity index (χ1v) is 6.74. The summed E-state index contributed by atoms with van der Waals surface area (Å²) in [7, 11) is 2.99. The molecular weight excluding hydrogens is 284 g/mol. The molecule has 1 aliphatic heterocycles. The molecule has 0 saturated carbocycles. The van der Waals surface area contributed by atoms with Gasteiger partial charge in [-0.2, -0.15) is 0 Å². The molecule has 0 bridgehead atoms. The Labute approximate surface area is 128 Å². The fraction of sp³-hybridized carbons (Fsp3) is 0.176. The quantitative estimate of drug-likeness (QED) is 0.912. The number of aromatic hydroxyl groups is 2. The molecule has 0 radical (unpaired) electrons. The normalized spacial score (nSPS) is 12.9. The fourth-order valence-electron chi connectivity index (χ4n) is 2.48. The zero-order valence-electron chi connectivity index (χ0n) is 12.3. The Balaban J connectivity index is 2.07. The predicted octanol–water partition coefficient (Wildman–Crippen LogP) is 3.05. The van der Waals surface area contributed by atoms with Crippen molar-refractivity contribution in [1.82, 2.24) is 0 Å². The van der Waals surface area contributed by atoms with E-state index in [1.165, 1.54) is 14.2 Å². The molecule has 5 heteroatoms. The Hall–Kier alpha value is -2.82. The average molecular weight is 300 g/mol. The summed E-state index contributed by atoms with van der Waals surface area (Å²) in [6.45, 7) is 0.291. The van der Waals surface area contributed by atoms with Crippen LogP contribution in [0.15, 0.2) is 30.3 Å². The van der Waals surface area contributed by atoms with Gasteiger partial charge < -0.3 is 24.4 Å². The van der Waals surface area contributed by atoms with Gasteiger partial charge in [-0.25, -0.2) is 0 Å². The second-order valence-electron chi connectivity index (χ2n) is 4.88. The minimum absolute atomic E-state index is 0.0129. The van der Waals surface area contributed by atoms with E-state index in [0.717, 1.165) is 11.1 Å². The molecule has 0 fully saturated rings. The van der Waals surface area contributed by atoms with Crippen LogP contribution in [0.1, 0.15) is 11.1 Å². The minimum Gasteiger partial charge on any atom is -0.508 e. The summed E-state index contributed by atoms with van der Waals surface area (Å²) in [4.78, 5) is 0. The van der Waals surface area contributed by atoms with Crippen LogP contribution in [-0.4, -0.2) is 31.0 Å². The third-order valence-corrected chi connectivity index (χ3v) is 3.58. The van der Waals surface area contributed by atoms with Crippen LogP contribution in [0.3, 0.4) is 0 Å². The van der Waals surface area contributed by atoms with Crippen LogP contribution in [-0.2, 0) is 0 Å². The van der Waals surface area contributed by atoms with Gasteiger partial charge >= 0.3 is 0 Å². The molecule has 1 heterocycles. The lowest BCUT2D eigenvalue weighted by atomic mass is 9.99. The Bertz CT molecular complexity index is 749. The molecule has 0 unspecified atom stereocenters. The third-order valence-electron chi connectivity index (χ3n) is 3.58. The average Bonchev–Trinajstić information content (AvgIpc) is 2.54. The third kappa shape index (κ3) is 2.30. The molecule has 2 N–H and O–H groups in total. The van der Waals surface area contributed by atoms with E-state index < -0.39 is 0 Å². The first kappa shape index (κ1) is 14.1. The highest BCUT2D eigenvalue weighted by Crippen LogP contribution is 2.43. The van der Waals surface area contributed by atoms with Crippen LogP contribution in [0.2, 0.25) is 0 Å². The van der Waals surface area contributed by atoms with Gasteiger partial charge in [0.1, 0.15) is 18.1 Å². The van der Waals surface area contributed by atoms with Crippen LogP contribution in [0, 0.1) is 0 Å². The van der Waals surface area contributed by atoms with E-state index in [0.29, 0.717) is 23.7 Å². The number of rotatable bonds is 3. The Kier molecular flexibility index (Phi) is 3.55. The molecule has 0 amide bonds. The Morgan fingerprint density at radius 1 is 1.05 bits per heavy atom. The highest BCUT2D eigenvalue weighted by atomic mass is 16.5. The van der Waals surface area contributed by atoms with E-state index >= 15 is 0 Å². The first-order chi connectivity index (χ1) is 10.6. The van der Waals surface area contributed by atoms with E-state index in [9.17, 15) is 10.2 Å².